The van der Waals surface area contributed by atoms with Crippen LogP contribution in [0.2, 0.25) is 0 Å². The van der Waals surface area contributed by atoms with Crippen molar-refractivity contribution >= 4 is 33.1 Å². The van der Waals surface area contributed by atoms with Crippen LogP contribution in [0, 0.1) is 11.7 Å². The molecule has 0 bridgehead atoms. The number of fused-ring (bicyclic) bond motifs is 1. The molecule has 3 aromatic heterocycles. The number of phenolic OH excluding ortho intramolecular Hbond substituents is 1. The van der Waals surface area contributed by atoms with Crippen molar-refractivity contribution < 1.29 is 27.5 Å². The van der Waals surface area contributed by atoms with Crippen LogP contribution in [0.4, 0.5) is 23.2 Å². The molecule has 1 unspecified atom stereocenters. The van der Waals surface area contributed by atoms with E-state index in [4.69, 9.17) is 5.11 Å². The van der Waals surface area contributed by atoms with Crippen molar-refractivity contribution in [3.8, 4) is 16.3 Å². The zero-order chi connectivity index (χ0) is 32.4. The SMILES string of the molecule is CCCNCc1ccc(-c2cc3ncccc3s2)nc1.CN(C(=O)CC(Cc1ccc(O)c(F)c1)C(F)(F)F)c1ccccc1. The molecule has 0 aliphatic heterocycles. The van der Waals surface area contributed by atoms with E-state index < -0.39 is 42.4 Å². The Bertz CT molecular complexity index is 1640. The van der Waals surface area contributed by atoms with Gasteiger partial charge in [-0.3, -0.25) is 14.8 Å². The Morgan fingerprint density at radius 1 is 1.00 bits per heavy atom. The summed E-state index contributed by atoms with van der Waals surface area (Å²) in [5.74, 6) is -4.26. The predicted molar refractivity (Wildman–Crippen MR) is 171 cm³/mol. The topological polar surface area (TPSA) is 78.4 Å². The van der Waals surface area contributed by atoms with E-state index in [2.05, 4.69) is 46.5 Å². The first-order valence-electron chi connectivity index (χ1n) is 14.4. The Kier molecular flexibility index (Phi) is 11.6. The minimum absolute atomic E-state index is 0.0628. The van der Waals surface area contributed by atoms with Crippen molar-refractivity contribution in [1.82, 2.24) is 15.3 Å². The average Bonchev–Trinajstić information content (AvgIpc) is 3.47. The average molecular weight is 639 g/mol. The summed E-state index contributed by atoms with van der Waals surface area (Å²) in [4.78, 5) is 23.5. The number of hydrogen-bond acceptors (Lipinski definition) is 6. The molecule has 236 valence electrons. The third-order valence-electron chi connectivity index (χ3n) is 7.02. The Morgan fingerprint density at radius 3 is 2.40 bits per heavy atom. The summed E-state index contributed by atoms with van der Waals surface area (Å²) >= 11 is 1.74. The molecule has 3 heterocycles. The molecule has 2 N–H and O–H groups in total. The normalized spacial score (nSPS) is 12.0. The Labute approximate surface area is 263 Å². The van der Waals surface area contributed by atoms with Crippen molar-refractivity contribution in [2.24, 2.45) is 5.92 Å². The number of anilines is 1. The van der Waals surface area contributed by atoms with Gasteiger partial charge in [0.15, 0.2) is 11.6 Å². The molecule has 2 aromatic carbocycles. The number of nitrogens with one attached hydrogen (secondary N) is 1. The predicted octanol–water partition coefficient (Wildman–Crippen LogP) is 8.16. The van der Waals surface area contributed by atoms with E-state index in [1.165, 1.54) is 28.3 Å². The standard InChI is InChI=1S/C18H17F4NO2.C16H17N3S/c1-23(14-5-3-2-4-6-14)17(25)11-13(18(20,21)22)9-12-7-8-16(24)15(19)10-12;1-2-7-17-10-12-5-6-13(19-11-12)16-9-14-15(20-16)4-3-8-18-14/h2-8,10,13,24H,9,11H2,1H3;3-6,8-9,11,17H,2,7,10H2,1H3. The number of carbonyl (C=O) groups is 1. The maximum atomic E-state index is 13.3. The molecular weight excluding hydrogens is 604 g/mol. The van der Waals surface area contributed by atoms with Crippen LogP contribution in [-0.2, 0) is 17.8 Å². The number of benzene rings is 2. The van der Waals surface area contributed by atoms with E-state index in [9.17, 15) is 22.4 Å². The molecule has 11 heteroatoms. The molecule has 1 atom stereocenters. The molecule has 0 aliphatic carbocycles. The van der Waals surface area contributed by atoms with Gasteiger partial charge in [0.25, 0.3) is 0 Å². The van der Waals surface area contributed by atoms with Crippen molar-refractivity contribution in [1.29, 1.82) is 0 Å². The molecule has 45 heavy (non-hydrogen) atoms. The van der Waals surface area contributed by atoms with Crippen LogP contribution in [0.15, 0.2) is 91.3 Å². The maximum Gasteiger partial charge on any atom is 0.392 e. The van der Waals surface area contributed by atoms with Gasteiger partial charge >= 0.3 is 6.18 Å². The third kappa shape index (κ3) is 9.57. The minimum atomic E-state index is -4.61. The lowest BCUT2D eigenvalue weighted by Gasteiger charge is -2.23. The summed E-state index contributed by atoms with van der Waals surface area (Å²) in [5, 5.41) is 12.5. The first-order valence-corrected chi connectivity index (χ1v) is 15.2. The lowest BCUT2D eigenvalue weighted by molar-refractivity contribution is -0.178. The number of hydrogen-bond donors (Lipinski definition) is 2. The number of alkyl halides is 3. The van der Waals surface area contributed by atoms with Crippen LogP contribution >= 0.6 is 11.3 Å². The van der Waals surface area contributed by atoms with Crippen molar-refractivity contribution in [2.75, 3.05) is 18.5 Å². The van der Waals surface area contributed by atoms with Gasteiger partial charge in [0.1, 0.15) is 0 Å². The molecule has 6 nitrogen and oxygen atoms in total. The fraction of sp³-hybridized carbons (Fsp3) is 0.265. The highest BCUT2D eigenvalue weighted by Gasteiger charge is 2.41. The van der Waals surface area contributed by atoms with Gasteiger partial charge in [0, 0.05) is 38.1 Å². The molecule has 0 fully saturated rings. The maximum absolute atomic E-state index is 13.3. The van der Waals surface area contributed by atoms with E-state index in [1.807, 2.05) is 18.5 Å². The number of halogens is 4. The van der Waals surface area contributed by atoms with Crippen LogP contribution in [-0.4, -0.2) is 40.8 Å². The summed E-state index contributed by atoms with van der Waals surface area (Å²) in [6, 6.07) is 21.8. The smallest absolute Gasteiger partial charge is 0.392 e. The van der Waals surface area contributed by atoms with Gasteiger partial charge < -0.3 is 15.3 Å². The van der Waals surface area contributed by atoms with E-state index in [0.717, 1.165) is 47.8 Å². The molecule has 5 rings (SSSR count). The number of nitrogens with zero attached hydrogens (tertiary/aromatic N) is 3. The molecule has 0 radical (unpaired) electrons. The molecular formula is C34H34F4N4O2S. The summed E-state index contributed by atoms with van der Waals surface area (Å²) < 4.78 is 54.4. The van der Waals surface area contributed by atoms with Crippen LogP contribution < -0.4 is 10.2 Å². The van der Waals surface area contributed by atoms with Gasteiger partial charge in [-0.2, -0.15) is 13.2 Å². The summed E-state index contributed by atoms with van der Waals surface area (Å²) in [7, 11) is 1.41. The highest BCUT2D eigenvalue weighted by atomic mass is 32.1. The van der Waals surface area contributed by atoms with E-state index in [1.54, 1.807) is 41.7 Å². The molecule has 0 saturated carbocycles. The Hall–Kier alpha value is -4.35. The molecule has 1 amide bonds. The fourth-order valence-electron chi connectivity index (χ4n) is 4.49. The second-order valence-electron chi connectivity index (χ2n) is 10.4. The zero-order valence-electron chi connectivity index (χ0n) is 24.9. The largest absolute Gasteiger partial charge is 0.505 e. The highest BCUT2D eigenvalue weighted by molar-refractivity contribution is 7.22. The van der Waals surface area contributed by atoms with Crippen molar-refractivity contribution in [2.45, 2.75) is 38.9 Å². The van der Waals surface area contributed by atoms with Gasteiger partial charge in [0.05, 0.1) is 26.7 Å². The Balaban J connectivity index is 0.000000209. The second kappa shape index (κ2) is 15.6. The minimum Gasteiger partial charge on any atom is -0.505 e. The van der Waals surface area contributed by atoms with Crippen LogP contribution in [0.5, 0.6) is 5.75 Å². The van der Waals surface area contributed by atoms with Gasteiger partial charge in [0.2, 0.25) is 5.91 Å². The fourth-order valence-corrected chi connectivity index (χ4v) is 5.48. The summed E-state index contributed by atoms with van der Waals surface area (Å²) in [6.07, 6.45) is -0.973. The van der Waals surface area contributed by atoms with Gasteiger partial charge in [-0.15, -0.1) is 11.3 Å². The van der Waals surface area contributed by atoms with E-state index in [-0.39, 0.29) is 5.56 Å². The van der Waals surface area contributed by atoms with Gasteiger partial charge in [-0.25, -0.2) is 4.39 Å². The van der Waals surface area contributed by atoms with Crippen molar-refractivity contribution in [3.63, 3.8) is 0 Å². The quantitative estimate of drug-likeness (QED) is 0.119. The monoisotopic (exact) mass is 638 g/mol. The molecule has 0 aliphatic rings. The highest BCUT2D eigenvalue weighted by Crippen LogP contribution is 2.34. The number of carbonyl (C=O) groups excluding carboxylic acids is 1. The number of rotatable bonds is 10. The van der Waals surface area contributed by atoms with Crippen LogP contribution in [0.25, 0.3) is 20.8 Å². The van der Waals surface area contributed by atoms with Gasteiger partial charge in [-0.05, 0) is 79.0 Å². The summed E-state index contributed by atoms with van der Waals surface area (Å²) in [6.45, 7) is 4.10. The zero-order valence-corrected chi connectivity index (χ0v) is 25.7. The van der Waals surface area contributed by atoms with E-state index >= 15 is 0 Å². The molecule has 5 aromatic rings. The number of phenols is 1. The Morgan fingerprint density at radius 2 is 1.76 bits per heavy atom. The third-order valence-corrected chi connectivity index (χ3v) is 8.13. The number of aromatic nitrogens is 2. The van der Waals surface area contributed by atoms with Crippen LogP contribution in [0.1, 0.15) is 30.9 Å². The second-order valence-corrected chi connectivity index (χ2v) is 11.5. The number of aromatic hydroxyl groups is 1. The first-order chi connectivity index (χ1) is 21.5. The molecule has 0 saturated heterocycles. The van der Waals surface area contributed by atoms with Crippen LogP contribution in [0.3, 0.4) is 0 Å². The first kappa shape index (κ1) is 33.5. The van der Waals surface area contributed by atoms with Crippen molar-refractivity contribution in [3.05, 3.63) is 108 Å². The molecule has 0 spiro atoms. The lowest BCUT2D eigenvalue weighted by atomic mass is 9.94. The number of thiophene rings is 1. The van der Waals surface area contributed by atoms with E-state index in [0.29, 0.717) is 5.69 Å². The lowest BCUT2D eigenvalue weighted by Crippen LogP contribution is -2.34. The number of pyridine rings is 2. The number of para-hydroxylation sites is 1. The number of amides is 1. The van der Waals surface area contributed by atoms with Gasteiger partial charge in [-0.1, -0.05) is 37.3 Å². The summed E-state index contributed by atoms with van der Waals surface area (Å²) in [5.41, 5.74) is 3.84.